The molecule has 1 aromatic heterocycles. The Hall–Kier alpha value is -3.03. The molecule has 2 N–H and O–H groups in total. The van der Waals surface area contributed by atoms with Gasteiger partial charge in [-0.05, 0) is 60.1 Å². The van der Waals surface area contributed by atoms with E-state index in [0.717, 1.165) is 31.6 Å². The predicted octanol–water partition coefficient (Wildman–Crippen LogP) is 7.55. The first-order valence-corrected chi connectivity index (χ1v) is 11.9. The summed E-state index contributed by atoms with van der Waals surface area (Å²) >= 11 is 19.7. The average Bonchev–Trinajstić information content (AvgIpc) is 3.23. The van der Waals surface area contributed by atoms with Crippen molar-refractivity contribution in [2.45, 2.75) is 0 Å². The van der Waals surface area contributed by atoms with Crippen LogP contribution in [0.4, 0.5) is 5.69 Å². The minimum absolute atomic E-state index is 0.169. The largest absolute Gasteiger partial charge is 0.332 e. The number of fused-ring (bicyclic) bond motifs is 2. The van der Waals surface area contributed by atoms with Gasteiger partial charge in [0.2, 0.25) is 0 Å². The number of amides is 1. The molecule has 5 rings (SSSR count). The monoisotopic (exact) mass is 507 g/mol. The molecule has 4 aromatic carbocycles. The fourth-order valence-electron chi connectivity index (χ4n) is 3.56. The van der Waals surface area contributed by atoms with Crippen molar-refractivity contribution in [3.05, 3.63) is 94.5 Å². The SMILES string of the molecule is O=C(NC(=S)Nc1ccc(-c2nc3ccccc3s2)c(Cl)c1)c1cccc2c(Cl)cccc12. The number of nitrogens with zero attached hydrogens (tertiary/aromatic N) is 1. The summed E-state index contributed by atoms with van der Waals surface area (Å²) in [6.45, 7) is 0. The van der Waals surface area contributed by atoms with Crippen molar-refractivity contribution in [1.82, 2.24) is 10.3 Å². The van der Waals surface area contributed by atoms with Crippen molar-refractivity contribution in [2.24, 2.45) is 0 Å². The summed E-state index contributed by atoms with van der Waals surface area (Å²) in [7, 11) is 0. The topological polar surface area (TPSA) is 54.0 Å². The molecule has 0 saturated heterocycles. The van der Waals surface area contributed by atoms with Crippen molar-refractivity contribution < 1.29 is 4.79 Å². The van der Waals surface area contributed by atoms with Gasteiger partial charge in [-0.3, -0.25) is 10.1 Å². The molecular formula is C25H15Cl2N3OS2. The van der Waals surface area contributed by atoms with E-state index in [4.69, 9.17) is 35.4 Å². The summed E-state index contributed by atoms with van der Waals surface area (Å²) in [5, 5.41) is 9.45. The van der Waals surface area contributed by atoms with Crippen LogP contribution in [0, 0.1) is 0 Å². The van der Waals surface area contributed by atoms with Gasteiger partial charge >= 0.3 is 0 Å². The molecule has 5 aromatic rings. The van der Waals surface area contributed by atoms with Crippen LogP contribution in [0.25, 0.3) is 31.6 Å². The lowest BCUT2D eigenvalue weighted by atomic mass is 10.0. The lowest BCUT2D eigenvalue weighted by Gasteiger charge is -2.12. The summed E-state index contributed by atoms with van der Waals surface area (Å²) in [5.74, 6) is -0.322. The van der Waals surface area contributed by atoms with Gasteiger partial charge in [-0.1, -0.05) is 59.6 Å². The fourth-order valence-corrected chi connectivity index (χ4v) is 5.34. The third-order valence-corrected chi connectivity index (χ3v) is 7.01. The minimum atomic E-state index is -0.322. The van der Waals surface area contributed by atoms with E-state index < -0.39 is 0 Å². The Morgan fingerprint density at radius 1 is 0.879 bits per heavy atom. The number of benzene rings is 4. The zero-order valence-electron chi connectivity index (χ0n) is 16.9. The molecule has 1 amide bonds. The lowest BCUT2D eigenvalue weighted by molar-refractivity contribution is 0.0979. The number of thiocarbonyl (C=S) groups is 1. The van der Waals surface area contributed by atoms with Gasteiger partial charge in [0.15, 0.2) is 5.11 Å². The molecule has 8 heteroatoms. The summed E-state index contributed by atoms with van der Waals surface area (Å²) < 4.78 is 1.10. The van der Waals surface area contributed by atoms with E-state index in [9.17, 15) is 4.79 Å². The molecule has 0 unspecified atom stereocenters. The van der Waals surface area contributed by atoms with Crippen molar-refractivity contribution >= 4 is 84.5 Å². The summed E-state index contributed by atoms with van der Waals surface area (Å²) in [4.78, 5) is 17.5. The number of nitrogens with one attached hydrogen (secondary N) is 2. The highest BCUT2D eigenvalue weighted by molar-refractivity contribution is 7.80. The highest BCUT2D eigenvalue weighted by Gasteiger charge is 2.14. The van der Waals surface area contributed by atoms with Crippen LogP contribution in [0.3, 0.4) is 0 Å². The van der Waals surface area contributed by atoms with E-state index in [-0.39, 0.29) is 11.0 Å². The van der Waals surface area contributed by atoms with E-state index in [1.807, 2.05) is 54.6 Å². The Morgan fingerprint density at radius 2 is 1.67 bits per heavy atom. The maximum atomic E-state index is 12.8. The van der Waals surface area contributed by atoms with Gasteiger partial charge < -0.3 is 5.32 Å². The number of carbonyl (C=O) groups is 1. The number of rotatable bonds is 3. The summed E-state index contributed by atoms with van der Waals surface area (Å²) in [5.41, 5.74) is 2.93. The first-order chi connectivity index (χ1) is 16.0. The second-order valence-electron chi connectivity index (χ2n) is 7.23. The Kier molecular flexibility index (Phi) is 6.00. The first-order valence-electron chi connectivity index (χ1n) is 9.95. The van der Waals surface area contributed by atoms with Gasteiger partial charge in [0.05, 0.1) is 15.2 Å². The standard InChI is InChI=1S/C25H15Cl2N3OS2/c26-19-8-4-5-15-16(19)6-3-7-17(15)23(31)30-25(32)28-14-11-12-18(20(27)13-14)24-29-21-9-1-2-10-22(21)33-24/h1-13H,(H2,28,30,31,32). The van der Waals surface area contributed by atoms with Crippen molar-refractivity contribution in [1.29, 1.82) is 0 Å². The highest BCUT2D eigenvalue weighted by Crippen LogP contribution is 2.35. The number of halogens is 2. The molecule has 0 aliphatic carbocycles. The lowest BCUT2D eigenvalue weighted by Crippen LogP contribution is -2.34. The molecule has 0 saturated carbocycles. The molecule has 0 radical (unpaired) electrons. The van der Waals surface area contributed by atoms with Gasteiger partial charge in [-0.15, -0.1) is 11.3 Å². The van der Waals surface area contributed by atoms with Crippen LogP contribution in [0.1, 0.15) is 10.4 Å². The molecule has 0 atom stereocenters. The third-order valence-electron chi connectivity index (χ3n) is 5.09. The van der Waals surface area contributed by atoms with Crippen LogP contribution in [0.2, 0.25) is 10.0 Å². The Morgan fingerprint density at radius 3 is 2.48 bits per heavy atom. The van der Waals surface area contributed by atoms with Crippen molar-refractivity contribution in [2.75, 3.05) is 5.32 Å². The number of carbonyl (C=O) groups excluding carboxylic acids is 1. The number of para-hydroxylation sites is 1. The van der Waals surface area contributed by atoms with E-state index in [2.05, 4.69) is 15.6 Å². The average molecular weight is 508 g/mol. The molecular weight excluding hydrogens is 493 g/mol. The highest BCUT2D eigenvalue weighted by atomic mass is 35.5. The van der Waals surface area contributed by atoms with Crippen LogP contribution < -0.4 is 10.6 Å². The Bertz CT molecular complexity index is 1510. The smallest absolute Gasteiger partial charge is 0.258 e. The van der Waals surface area contributed by atoms with E-state index in [1.165, 1.54) is 0 Å². The van der Waals surface area contributed by atoms with Gasteiger partial charge in [-0.25, -0.2) is 4.98 Å². The van der Waals surface area contributed by atoms with Gasteiger partial charge in [-0.2, -0.15) is 0 Å². The van der Waals surface area contributed by atoms with Crippen LogP contribution in [0.15, 0.2) is 78.9 Å². The van der Waals surface area contributed by atoms with Crippen LogP contribution in [0.5, 0.6) is 0 Å². The zero-order valence-corrected chi connectivity index (χ0v) is 20.1. The van der Waals surface area contributed by atoms with Gasteiger partial charge in [0.25, 0.3) is 5.91 Å². The number of thiazole rings is 1. The molecule has 0 spiro atoms. The molecule has 4 nitrogen and oxygen atoms in total. The predicted molar refractivity (Wildman–Crippen MR) is 143 cm³/mol. The van der Waals surface area contributed by atoms with Crippen LogP contribution in [-0.2, 0) is 0 Å². The van der Waals surface area contributed by atoms with E-state index in [1.54, 1.807) is 35.6 Å². The number of aromatic nitrogens is 1. The minimum Gasteiger partial charge on any atom is -0.332 e. The molecule has 1 heterocycles. The quantitative estimate of drug-likeness (QED) is 0.247. The zero-order chi connectivity index (χ0) is 22.9. The first kappa shape index (κ1) is 21.8. The number of hydrogen-bond donors (Lipinski definition) is 2. The molecule has 0 bridgehead atoms. The summed E-state index contributed by atoms with van der Waals surface area (Å²) in [6, 6.07) is 24.3. The fraction of sp³-hybridized carbons (Fsp3) is 0. The second-order valence-corrected chi connectivity index (χ2v) is 9.48. The van der Waals surface area contributed by atoms with E-state index >= 15 is 0 Å². The Balaban J connectivity index is 1.33. The second kappa shape index (κ2) is 9.08. The summed E-state index contributed by atoms with van der Waals surface area (Å²) in [6.07, 6.45) is 0. The van der Waals surface area contributed by atoms with E-state index in [0.29, 0.717) is 21.3 Å². The number of anilines is 1. The molecule has 162 valence electrons. The van der Waals surface area contributed by atoms with Crippen molar-refractivity contribution in [3.8, 4) is 10.6 Å². The number of hydrogen-bond acceptors (Lipinski definition) is 4. The molecule has 0 aliphatic rings. The molecule has 33 heavy (non-hydrogen) atoms. The van der Waals surface area contributed by atoms with Crippen LogP contribution >= 0.6 is 46.8 Å². The maximum absolute atomic E-state index is 12.8. The molecule has 0 fully saturated rings. The molecule has 0 aliphatic heterocycles. The normalized spacial score (nSPS) is 11.0. The third kappa shape index (κ3) is 4.43. The van der Waals surface area contributed by atoms with Crippen LogP contribution in [-0.4, -0.2) is 16.0 Å². The van der Waals surface area contributed by atoms with Gasteiger partial charge in [0.1, 0.15) is 5.01 Å². The van der Waals surface area contributed by atoms with Gasteiger partial charge in [0, 0.05) is 27.2 Å². The van der Waals surface area contributed by atoms with Crippen molar-refractivity contribution in [3.63, 3.8) is 0 Å². The Labute approximate surface area is 209 Å². The maximum Gasteiger partial charge on any atom is 0.258 e.